The van der Waals surface area contributed by atoms with E-state index in [9.17, 15) is 18.0 Å². The summed E-state index contributed by atoms with van der Waals surface area (Å²) in [6.45, 7) is -0.474. The number of amides is 1. The number of carbonyl (C=O) groups is 1. The van der Waals surface area contributed by atoms with Crippen molar-refractivity contribution < 1.29 is 27.4 Å². The Kier molecular flexibility index (Phi) is 5.53. The fraction of sp³-hybridized carbons (Fsp3) is 0.158. The number of hydrogen-bond acceptors (Lipinski definition) is 4. The average Bonchev–Trinajstić information content (AvgIpc) is 3.21. The van der Waals surface area contributed by atoms with E-state index < -0.39 is 24.3 Å². The summed E-state index contributed by atoms with van der Waals surface area (Å²) in [5.74, 6) is -0.0108. The highest BCUT2D eigenvalue weighted by atomic mass is 19.4. The predicted molar refractivity (Wildman–Crippen MR) is 95.7 cm³/mol. The highest BCUT2D eigenvalue weighted by molar-refractivity contribution is 5.93. The van der Waals surface area contributed by atoms with Crippen molar-refractivity contribution in [3.63, 3.8) is 0 Å². The standard InChI is InChI=1S/C19H16F3N3O3/c1-27-16-5-2-3-6-17(16)28-12-18(26)24-15-8-7-13(25-10-4-9-23-25)11-14(15)19(20,21)22/h2-11H,12H2,1H3,(H,24,26). The second-order valence-electron chi connectivity index (χ2n) is 5.67. The van der Waals surface area contributed by atoms with Crippen molar-refractivity contribution in [3.8, 4) is 17.2 Å². The fourth-order valence-electron chi connectivity index (χ4n) is 2.51. The normalized spacial score (nSPS) is 11.1. The van der Waals surface area contributed by atoms with Crippen molar-refractivity contribution in [2.75, 3.05) is 19.0 Å². The Morgan fingerprint density at radius 2 is 1.89 bits per heavy atom. The summed E-state index contributed by atoms with van der Waals surface area (Å²) in [6, 6.07) is 11.8. The third-order valence-electron chi connectivity index (χ3n) is 3.78. The van der Waals surface area contributed by atoms with Crippen LogP contribution in [0.5, 0.6) is 11.5 Å². The summed E-state index contributed by atoms with van der Waals surface area (Å²) in [7, 11) is 1.44. The second-order valence-corrected chi connectivity index (χ2v) is 5.67. The van der Waals surface area contributed by atoms with Crippen LogP contribution >= 0.6 is 0 Å². The minimum absolute atomic E-state index is 0.223. The van der Waals surface area contributed by atoms with Gasteiger partial charge in [0.15, 0.2) is 18.1 Å². The molecular formula is C19H16F3N3O3. The number of alkyl halides is 3. The summed E-state index contributed by atoms with van der Waals surface area (Å²) in [4.78, 5) is 12.1. The molecule has 3 aromatic rings. The maximum atomic E-state index is 13.4. The molecular weight excluding hydrogens is 375 g/mol. The van der Waals surface area contributed by atoms with Gasteiger partial charge in [0.1, 0.15) is 0 Å². The second kappa shape index (κ2) is 8.03. The SMILES string of the molecule is COc1ccccc1OCC(=O)Nc1ccc(-n2cccn2)cc1C(F)(F)F. The van der Waals surface area contributed by atoms with Crippen LogP contribution in [0.1, 0.15) is 5.56 Å². The van der Waals surface area contributed by atoms with E-state index in [1.165, 1.54) is 36.3 Å². The monoisotopic (exact) mass is 391 g/mol. The number of aromatic nitrogens is 2. The van der Waals surface area contributed by atoms with Crippen LogP contribution in [-0.4, -0.2) is 29.4 Å². The Balaban J connectivity index is 1.76. The highest BCUT2D eigenvalue weighted by Gasteiger charge is 2.34. The Morgan fingerprint density at radius 3 is 2.54 bits per heavy atom. The number of methoxy groups -OCH3 is 1. The Bertz CT molecular complexity index is 957. The molecule has 0 spiro atoms. The molecule has 28 heavy (non-hydrogen) atoms. The molecule has 1 amide bonds. The zero-order valence-corrected chi connectivity index (χ0v) is 14.7. The first-order valence-electron chi connectivity index (χ1n) is 8.15. The largest absolute Gasteiger partial charge is 0.493 e. The quantitative estimate of drug-likeness (QED) is 0.692. The van der Waals surface area contributed by atoms with Gasteiger partial charge >= 0.3 is 6.18 Å². The molecule has 1 aromatic heterocycles. The summed E-state index contributed by atoms with van der Waals surface area (Å²) >= 11 is 0. The van der Waals surface area contributed by atoms with Gasteiger partial charge in [-0.3, -0.25) is 4.79 Å². The van der Waals surface area contributed by atoms with Gasteiger partial charge in [0.25, 0.3) is 5.91 Å². The lowest BCUT2D eigenvalue weighted by molar-refractivity contribution is -0.137. The smallest absolute Gasteiger partial charge is 0.418 e. The molecule has 0 unspecified atom stereocenters. The van der Waals surface area contributed by atoms with Crippen LogP contribution in [0, 0.1) is 0 Å². The zero-order chi connectivity index (χ0) is 20.1. The van der Waals surface area contributed by atoms with E-state index in [0.29, 0.717) is 11.5 Å². The average molecular weight is 391 g/mol. The molecule has 0 atom stereocenters. The first-order valence-corrected chi connectivity index (χ1v) is 8.15. The van der Waals surface area contributed by atoms with Gasteiger partial charge in [-0.05, 0) is 36.4 Å². The maximum absolute atomic E-state index is 13.4. The number of anilines is 1. The summed E-state index contributed by atoms with van der Waals surface area (Å²) in [6.07, 6.45) is -1.68. The van der Waals surface area contributed by atoms with Gasteiger partial charge in [-0.15, -0.1) is 0 Å². The van der Waals surface area contributed by atoms with Gasteiger partial charge in [0.2, 0.25) is 0 Å². The van der Waals surface area contributed by atoms with E-state index in [1.807, 2.05) is 0 Å². The lowest BCUT2D eigenvalue weighted by Crippen LogP contribution is -2.22. The molecule has 1 N–H and O–H groups in total. The van der Waals surface area contributed by atoms with Gasteiger partial charge in [-0.2, -0.15) is 18.3 Å². The van der Waals surface area contributed by atoms with E-state index in [0.717, 1.165) is 6.07 Å². The Labute approximate surface area is 158 Å². The molecule has 1 heterocycles. The number of para-hydroxylation sites is 2. The molecule has 0 aliphatic heterocycles. The first kappa shape index (κ1) is 19.3. The highest BCUT2D eigenvalue weighted by Crippen LogP contribution is 2.36. The molecule has 6 nitrogen and oxygen atoms in total. The number of nitrogens with zero attached hydrogens (tertiary/aromatic N) is 2. The van der Waals surface area contributed by atoms with Crippen LogP contribution in [0.3, 0.4) is 0 Å². The third-order valence-corrected chi connectivity index (χ3v) is 3.78. The predicted octanol–water partition coefficient (Wildman–Crippen LogP) is 3.92. The lowest BCUT2D eigenvalue weighted by Gasteiger charge is -2.16. The molecule has 0 aliphatic carbocycles. The van der Waals surface area contributed by atoms with Crippen molar-refractivity contribution >= 4 is 11.6 Å². The number of nitrogens with one attached hydrogen (secondary N) is 1. The van der Waals surface area contributed by atoms with E-state index in [-0.39, 0.29) is 11.4 Å². The van der Waals surface area contributed by atoms with Gasteiger partial charge in [0, 0.05) is 12.4 Å². The Hall–Kier alpha value is -3.49. The van der Waals surface area contributed by atoms with Gasteiger partial charge in [-0.1, -0.05) is 12.1 Å². The fourth-order valence-corrected chi connectivity index (χ4v) is 2.51. The lowest BCUT2D eigenvalue weighted by atomic mass is 10.1. The topological polar surface area (TPSA) is 65.4 Å². The zero-order valence-electron chi connectivity index (χ0n) is 14.7. The molecule has 0 bridgehead atoms. The number of ether oxygens (including phenoxy) is 2. The Morgan fingerprint density at radius 1 is 1.14 bits per heavy atom. The van der Waals surface area contributed by atoms with Gasteiger partial charge in [0.05, 0.1) is 24.0 Å². The van der Waals surface area contributed by atoms with E-state index in [2.05, 4.69) is 10.4 Å². The van der Waals surface area contributed by atoms with Crippen LogP contribution < -0.4 is 14.8 Å². The summed E-state index contributed by atoms with van der Waals surface area (Å²) in [5.41, 5.74) is -1.12. The third kappa shape index (κ3) is 4.43. The van der Waals surface area contributed by atoms with Gasteiger partial charge in [-0.25, -0.2) is 4.68 Å². The molecule has 9 heteroatoms. The molecule has 0 saturated carbocycles. The van der Waals surface area contributed by atoms with Crippen LogP contribution in [-0.2, 0) is 11.0 Å². The summed E-state index contributed by atoms with van der Waals surface area (Å²) < 4.78 is 52.1. The molecule has 0 aliphatic rings. The number of rotatable bonds is 6. The van der Waals surface area contributed by atoms with E-state index >= 15 is 0 Å². The van der Waals surface area contributed by atoms with Crippen molar-refractivity contribution in [2.45, 2.75) is 6.18 Å². The number of benzene rings is 2. The first-order chi connectivity index (χ1) is 13.4. The molecule has 0 saturated heterocycles. The maximum Gasteiger partial charge on any atom is 0.418 e. The van der Waals surface area contributed by atoms with Crippen LogP contribution in [0.25, 0.3) is 5.69 Å². The molecule has 0 radical (unpaired) electrons. The van der Waals surface area contributed by atoms with Crippen molar-refractivity contribution in [1.82, 2.24) is 9.78 Å². The number of halogens is 3. The number of carbonyl (C=O) groups excluding carboxylic acids is 1. The van der Waals surface area contributed by atoms with E-state index in [4.69, 9.17) is 9.47 Å². The number of hydrogen-bond donors (Lipinski definition) is 1. The molecule has 146 valence electrons. The minimum atomic E-state index is -4.66. The van der Waals surface area contributed by atoms with Crippen LogP contribution in [0.15, 0.2) is 60.9 Å². The van der Waals surface area contributed by atoms with Crippen molar-refractivity contribution in [2.24, 2.45) is 0 Å². The van der Waals surface area contributed by atoms with E-state index in [1.54, 1.807) is 30.3 Å². The van der Waals surface area contributed by atoms with Crippen molar-refractivity contribution in [1.29, 1.82) is 0 Å². The molecule has 0 fully saturated rings. The minimum Gasteiger partial charge on any atom is -0.493 e. The van der Waals surface area contributed by atoms with Crippen molar-refractivity contribution in [3.05, 3.63) is 66.5 Å². The van der Waals surface area contributed by atoms with Gasteiger partial charge < -0.3 is 14.8 Å². The summed E-state index contributed by atoms with van der Waals surface area (Å²) in [5, 5.41) is 6.15. The molecule has 3 rings (SSSR count). The van der Waals surface area contributed by atoms with Crippen LogP contribution in [0.2, 0.25) is 0 Å². The molecule has 2 aromatic carbocycles. The van der Waals surface area contributed by atoms with Crippen LogP contribution in [0.4, 0.5) is 18.9 Å².